The minimum atomic E-state index is -0.424. The Balaban J connectivity index is 1.40. The van der Waals surface area contributed by atoms with E-state index in [1.807, 2.05) is 6.07 Å². The molecule has 0 radical (unpaired) electrons. The van der Waals surface area contributed by atoms with E-state index < -0.39 is 5.41 Å². The maximum absolute atomic E-state index is 10.0. The van der Waals surface area contributed by atoms with Crippen molar-refractivity contribution in [3.8, 4) is 23.5 Å². The first-order chi connectivity index (χ1) is 17.9. The molecule has 1 spiro atoms. The Morgan fingerprint density at radius 3 is 2.81 bits per heavy atom. The minimum Gasteiger partial charge on any atom is -0.473 e. The van der Waals surface area contributed by atoms with Gasteiger partial charge in [-0.25, -0.2) is 4.98 Å². The zero-order valence-corrected chi connectivity index (χ0v) is 22.0. The molecule has 37 heavy (non-hydrogen) atoms. The normalized spacial score (nSPS) is 23.9. The van der Waals surface area contributed by atoms with Crippen molar-refractivity contribution in [2.24, 2.45) is 0 Å². The lowest BCUT2D eigenvalue weighted by Crippen LogP contribution is -2.38. The zero-order chi connectivity index (χ0) is 25.7. The van der Waals surface area contributed by atoms with Crippen LogP contribution < -0.4 is 10.5 Å². The summed E-state index contributed by atoms with van der Waals surface area (Å²) >= 11 is 6.44. The second-order valence-corrected chi connectivity index (χ2v) is 11.1. The van der Waals surface area contributed by atoms with E-state index in [1.54, 1.807) is 6.07 Å². The van der Waals surface area contributed by atoms with Crippen molar-refractivity contribution in [3.05, 3.63) is 51.4 Å². The van der Waals surface area contributed by atoms with Gasteiger partial charge in [0.1, 0.15) is 17.3 Å². The summed E-state index contributed by atoms with van der Waals surface area (Å²) in [5.41, 5.74) is 10.7. The Morgan fingerprint density at radius 1 is 1.24 bits per heavy atom. The SMILES string of the molecule is C[C@H](Oc1cc(Cl)nc(-c2noc3c2CCCC32CCCc3ccc(N)c(C#N)c32)n1)[C@@H]1CCCN1C. The summed E-state index contributed by atoms with van der Waals surface area (Å²) in [6, 6.07) is 8.27. The number of aryl methyl sites for hydroxylation is 1. The van der Waals surface area contributed by atoms with Gasteiger partial charge in [0, 0.05) is 23.4 Å². The molecule has 2 aromatic heterocycles. The summed E-state index contributed by atoms with van der Waals surface area (Å²) in [6.45, 7) is 3.15. The van der Waals surface area contributed by atoms with Crippen LogP contribution in [0.25, 0.3) is 11.5 Å². The molecule has 3 aliphatic rings. The minimum absolute atomic E-state index is 0.0330. The molecule has 0 saturated carbocycles. The average molecular weight is 519 g/mol. The molecule has 3 heterocycles. The number of halogens is 1. The zero-order valence-electron chi connectivity index (χ0n) is 21.3. The molecule has 1 aromatic carbocycles. The van der Waals surface area contributed by atoms with E-state index >= 15 is 0 Å². The van der Waals surface area contributed by atoms with Gasteiger partial charge >= 0.3 is 0 Å². The predicted octanol–water partition coefficient (Wildman–Crippen LogP) is 5.06. The highest BCUT2D eigenvalue weighted by Gasteiger charge is 2.47. The van der Waals surface area contributed by atoms with Crippen molar-refractivity contribution in [3.63, 3.8) is 0 Å². The van der Waals surface area contributed by atoms with Crippen molar-refractivity contribution in [2.75, 3.05) is 19.3 Å². The molecule has 192 valence electrons. The Morgan fingerprint density at radius 2 is 2.05 bits per heavy atom. The van der Waals surface area contributed by atoms with Gasteiger partial charge in [-0.15, -0.1) is 0 Å². The van der Waals surface area contributed by atoms with E-state index in [0.717, 1.165) is 68.4 Å². The molecule has 3 atom stereocenters. The molecule has 1 saturated heterocycles. The summed E-state index contributed by atoms with van der Waals surface area (Å²) < 4.78 is 12.4. The third-order valence-corrected chi connectivity index (χ3v) is 8.72. The number of nitrogens with zero attached hydrogens (tertiary/aromatic N) is 5. The fraction of sp³-hybridized carbons (Fsp3) is 0.500. The Kier molecular flexibility index (Phi) is 6.09. The van der Waals surface area contributed by atoms with Gasteiger partial charge in [-0.05, 0) is 89.1 Å². The van der Waals surface area contributed by atoms with Gasteiger partial charge in [0.15, 0.2) is 17.3 Å². The second kappa shape index (κ2) is 9.30. The molecule has 1 aliphatic heterocycles. The third kappa shape index (κ3) is 3.96. The van der Waals surface area contributed by atoms with Gasteiger partial charge in [0.05, 0.1) is 11.0 Å². The summed E-state index contributed by atoms with van der Waals surface area (Å²) in [6.07, 6.45) is 7.67. The topological polar surface area (TPSA) is 114 Å². The van der Waals surface area contributed by atoms with E-state index in [0.29, 0.717) is 39.8 Å². The highest BCUT2D eigenvalue weighted by atomic mass is 35.5. The number of anilines is 1. The van der Waals surface area contributed by atoms with E-state index in [-0.39, 0.29) is 6.10 Å². The second-order valence-electron chi connectivity index (χ2n) is 10.7. The molecular formula is C28H31ClN6O2. The highest BCUT2D eigenvalue weighted by molar-refractivity contribution is 6.29. The van der Waals surface area contributed by atoms with E-state index in [9.17, 15) is 5.26 Å². The lowest BCUT2D eigenvalue weighted by Gasteiger charge is -2.41. The molecule has 2 aliphatic carbocycles. The maximum atomic E-state index is 10.0. The summed E-state index contributed by atoms with van der Waals surface area (Å²) in [5.74, 6) is 1.65. The lowest BCUT2D eigenvalue weighted by molar-refractivity contribution is 0.117. The number of ether oxygens (including phenoxy) is 1. The van der Waals surface area contributed by atoms with E-state index in [1.165, 1.54) is 12.0 Å². The number of hydrogen-bond acceptors (Lipinski definition) is 8. The number of benzene rings is 1. The first-order valence-electron chi connectivity index (χ1n) is 13.1. The van der Waals surface area contributed by atoms with Crippen molar-refractivity contribution in [1.29, 1.82) is 5.26 Å². The molecule has 3 aromatic rings. The molecule has 6 rings (SSSR count). The molecule has 0 amide bonds. The smallest absolute Gasteiger partial charge is 0.218 e. The quantitative estimate of drug-likeness (QED) is 0.376. The number of nitriles is 1. The molecule has 9 heteroatoms. The standard InChI is InChI=1S/C28H31ClN6O2/c1-16(21-8-5-13-35(21)2)36-23-14-22(29)32-27(33-23)25-18-7-4-12-28(26(18)37-34-25)11-3-6-17-9-10-20(31)19(15-30)24(17)28/h9-10,14,16,21H,3-8,11-13,31H2,1-2H3/t16-,21-,28?/m0/s1. The summed E-state index contributed by atoms with van der Waals surface area (Å²) in [7, 11) is 2.13. The lowest BCUT2D eigenvalue weighted by atomic mass is 9.61. The fourth-order valence-electron chi connectivity index (χ4n) is 6.85. The highest BCUT2D eigenvalue weighted by Crippen LogP contribution is 2.53. The third-order valence-electron chi connectivity index (χ3n) is 8.53. The maximum Gasteiger partial charge on any atom is 0.218 e. The van der Waals surface area contributed by atoms with Gasteiger partial charge in [0.2, 0.25) is 5.88 Å². The van der Waals surface area contributed by atoms with Crippen LogP contribution in [0.4, 0.5) is 5.69 Å². The van der Waals surface area contributed by atoms with Crippen LogP contribution in [0, 0.1) is 11.3 Å². The number of likely N-dealkylation sites (N-methyl/N-ethyl adjacent to an activating group) is 1. The molecule has 0 bridgehead atoms. The Labute approximate surface area is 221 Å². The van der Waals surface area contributed by atoms with Gasteiger partial charge in [-0.2, -0.15) is 10.2 Å². The first-order valence-corrected chi connectivity index (χ1v) is 13.5. The average Bonchev–Trinajstić information content (AvgIpc) is 3.51. The predicted molar refractivity (Wildman–Crippen MR) is 141 cm³/mol. The van der Waals surface area contributed by atoms with Crippen molar-refractivity contribution in [1.82, 2.24) is 20.0 Å². The van der Waals surface area contributed by atoms with Crippen LogP contribution in [-0.2, 0) is 18.3 Å². The number of aromatic nitrogens is 3. The van der Waals surface area contributed by atoms with Crippen LogP contribution >= 0.6 is 11.6 Å². The molecule has 2 N–H and O–H groups in total. The largest absolute Gasteiger partial charge is 0.473 e. The first kappa shape index (κ1) is 24.2. The Hall–Kier alpha value is -3.15. The van der Waals surface area contributed by atoms with E-state index in [4.69, 9.17) is 31.6 Å². The van der Waals surface area contributed by atoms with Gasteiger partial charge < -0.3 is 15.0 Å². The molecule has 8 nitrogen and oxygen atoms in total. The number of fused-ring (bicyclic) bond motifs is 4. The molecular weight excluding hydrogens is 488 g/mol. The number of rotatable bonds is 4. The van der Waals surface area contributed by atoms with Crippen LogP contribution in [0.2, 0.25) is 5.15 Å². The van der Waals surface area contributed by atoms with Gasteiger partial charge in [0.25, 0.3) is 0 Å². The molecule has 1 unspecified atom stereocenters. The number of likely N-dealkylation sites (tertiary alicyclic amines) is 1. The van der Waals surface area contributed by atoms with Crippen LogP contribution in [0.5, 0.6) is 5.88 Å². The summed E-state index contributed by atoms with van der Waals surface area (Å²) in [4.78, 5) is 11.5. The van der Waals surface area contributed by atoms with Crippen LogP contribution in [-0.4, -0.2) is 45.8 Å². The number of hydrogen-bond donors (Lipinski definition) is 1. The van der Waals surface area contributed by atoms with Crippen LogP contribution in [0.3, 0.4) is 0 Å². The molecule has 1 fully saturated rings. The monoisotopic (exact) mass is 518 g/mol. The summed E-state index contributed by atoms with van der Waals surface area (Å²) in [5, 5.41) is 14.8. The van der Waals surface area contributed by atoms with Crippen LogP contribution in [0.15, 0.2) is 22.7 Å². The number of nitrogen functional groups attached to an aromatic ring is 1. The van der Waals surface area contributed by atoms with Crippen molar-refractivity contribution >= 4 is 17.3 Å². The fourth-order valence-corrected chi connectivity index (χ4v) is 7.03. The van der Waals surface area contributed by atoms with Crippen LogP contribution in [0.1, 0.15) is 73.5 Å². The van der Waals surface area contributed by atoms with Gasteiger partial charge in [-0.3, -0.25) is 4.90 Å². The van der Waals surface area contributed by atoms with Crippen molar-refractivity contribution < 1.29 is 9.26 Å². The Bertz CT molecular complexity index is 1390. The van der Waals surface area contributed by atoms with E-state index in [2.05, 4.69) is 41.1 Å². The number of nitrogens with two attached hydrogens (primary N) is 1. The van der Waals surface area contributed by atoms with Crippen molar-refractivity contribution in [2.45, 2.75) is 75.9 Å². The van der Waals surface area contributed by atoms with Gasteiger partial charge in [-0.1, -0.05) is 22.8 Å².